The second-order valence-electron chi connectivity index (χ2n) is 9.48. The van der Waals surface area contributed by atoms with Crippen molar-refractivity contribution in [2.75, 3.05) is 0 Å². The SMILES string of the molecule is C[C@H](N=C([O-])CC[n+]1ccc(-c2cc[n+](CCC(O)=[NH+][C@@H](C)c3ccccc3)cc2)cc1)c1ccccc1. The molecule has 2 heterocycles. The fourth-order valence-corrected chi connectivity index (χ4v) is 4.29. The van der Waals surface area contributed by atoms with Gasteiger partial charge in [0.25, 0.3) is 0 Å². The van der Waals surface area contributed by atoms with Crippen LogP contribution in [-0.2, 0) is 13.1 Å². The third-order valence-electron chi connectivity index (χ3n) is 6.61. The summed E-state index contributed by atoms with van der Waals surface area (Å²) in [5.74, 6) is 0.199. The van der Waals surface area contributed by atoms with E-state index in [0.29, 0.717) is 25.9 Å². The molecular formula is C32H36N4O2+2. The molecule has 0 spiro atoms. The fourth-order valence-electron chi connectivity index (χ4n) is 4.29. The minimum Gasteiger partial charge on any atom is -0.862 e. The minimum atomic E-state index is -0.132. The molecule has 2 aromatic carbocycles. The summed E-state index contributed by atoms with van der Waals surface area (Å²) in [6.45, 7) is 5.26. The van der Waals surface area contributed by atoms with Crippen LogP contribution >= 0.6 is 0 Å². The van der Waals surface area contributed by atoms with Crippen LogP contribution in [0.5, 0.6) is 0 Å². The van der Waals surface area contributed by atoms with Crippen molar-refractivity contribution in [2.24, 2.45) is 4.99 Å². The highest BCUT2D eigenvalue weighted by Gasteiger charge is 2.14. The number of hydrogen-bond donors (Lipinski definition) is 2. The van der Waals surface area contributed by atoms with E-state index in [1.807, 2.05) is 104 Å². The smallest absolute Gasteiger partial charge is 0.339 e. The summed E-state index contributed by atoms with van der Waals surface area (Å²) < 4.78 is 4.07. The van der Waals surface area contributed by atoms with Crippen LogP contribution in [0.4, 0.5) is 0 Å². The summed E-state index contributed by atoms with van der Waals surface area (Å²) >= 11 is 0. The average Bonchev–Trinajstić information content (AvgIpc) is 2.96. The number of nitrogens with zero attached hydrogens (tertiary/aromatic N) is 3. The predicted molar refractivity (Wildman–Crippen MR) is 147 cm³/mol. The molecule has 6 nitrogen and oxygen atoms in total. The Hall–Kier alpha value is -4.32. The van der Waals surface area contributed by atoms with Gasteiger partial charge in [-0.1, -0.05) is 60.7 Å². The largest absolute Gasteiger partial charge is 0.862 e. The number of aliphatic hydroxyl groups excluding tert-OH is 1. The van der Waals surface area contributed by atoms with Crippen LogP contribution in [0.1, 0.15) is 49.9 Å². The summed E-state index contributed by atoms with van der Waals surface area (Å²) in [5.41, 5.74) is 4.40. The van der Waals surface area contributed by atoms with Crippen molar-refractivity contribution >= 4 is 11.8 Å². The monoisotopic (exact) mass is 508 g/mol. The zero-order chi connectivity index (χ0) is 26.7. The topological polar surface area (TPSA) is 77.4 Å². The molecule has 4 rings (SSSR count). The van der Waals surface area contributed by atoms with Crippen molar-refractivity contribution in [3.05, 3.63) is 121 Å². The van der Waals surface area contributed by atoms with E-state index in [1.165, 1.54) is 0 Å². The zero-order valence-corrected chi connectivity index (χ0v) is 22.1. The normalized spacial score (nSPS) is 13.7. The van der Waals surface area contributed by atoms with Crippen LogP contribution in [0, 0.1) is 0 Å². The number of aliphatic hydroxyl groups is 1. The second-order valence-corrected chi connectivity index (χ2v) is 9.48. The Morgan fingerprint density at radius 3 is 1.74 bits per heavy atom. The van der Waals surface area contributed by atoms with E-state index in [0.717, 1.165) is 22.3 Å². The van der Waals surface area contributed by atoms with Crippen LogP contribution in [0.2, 0.25) is 0 Å². The van der Waals surface area contributed by atoms with E-state index < -0.39 is 0 Å². The number of aryl methyl sites for hydroxylation is 2. The molecule has 0 aliphatic carbocycles. The van der Waals surface area contributed by atoms with Gasteiger partial charge in [-0.15, -0.1) is 0 Å². The van der Waals surface area contributed by atoms with Crippen LogP contribution < -0.4 is 19.2 Å². The van der Waals surface area contributed by atoms with Gasteiger partial charge in [0.15, 0.2) is 43.9 Å². The third kappa shape index (κ3) is 7.84. The number of hydrogen-bond acceptors (Lipinski definition) is 2. The predicted octanol–water partition coefficient (Wildman–Crippen LogP) is 3.03. The first-order chi connectivity index (χ1) is 18.5. The van der Waals surface area contributed by atoms with Gasteiger partial charge in [0, 0.05) is 43.2 Å². The number of benzene rings is 2. The molecule has 0 radical (unpaired) electrons. The molecule has 38 heavy (non-hydrogen) atoms. The Kier molecular flexibility index (Phi) is 9.35. The molecule has 2 N–H and O–H groups in total. The maximum atomic E-state index is 12.3. The van der Waals surface area contributed by atoms with Gasteiger partial charge in [-0.2, -0.15) is 0 Å². The lowest BCUT2D eigenvalue weighted by molar-refractivity contribution is -0.696. The Morgan fingerprint density at radius 1 is 0.737 bits per heavy atom. The summed E-state index contributed by atoms with van der Waals surface area (Å²) in [4.78, 5) is 7.49. The summed E-state index contributed by atoms with van der Waals surface area (Å²) in [6.07, 6.45) is 8.95. The van der Waals surface area contributed by atoms with Gasteiger partial charge in [-0.3, -0.25) is 4.99 Å². The maximum absolute atomic E-state index is 12.3. The highest BCUT2D eigenvalue weighted by molar-refractivity contribution is 5.71. The molecule has 0 aliphatic heterocycles. The highest BCUT2D eigenvalue weighted by Crippen LogP contribution is 2.17. The Labute approximate surface area is 224 Å². The lowest BCUT2D eigenvalue weighted by Gasteiger charge is -2.13. The Morgan fingerprint density at radius 2 is 1.21 bits per heavy atom. The van der Waals surface area contributed by atoms with Gasteiger partial charge >= 0.3 is 5.90 Å². The van der Waals surface area contributed by atoms with E-state index in [2.05, 4.69) is 38.8 Å². The Balaban J connectivity index is 1.27. The van der Waals surface area contributed by atoms with Crippen molar-refractivity contribution in [1.82, 2.24) is 0 Å². The fraction of sp³-hybridized carbons (Fsp3) is 0.250. The number of nitrogens with one attached hydrogen (secondary N) is 1. The van der Waals surface area contributed by atoms with Crippen LogP contribution in [-0.4, -0.2) is 16.9 Å². The van der Waals surface area contributed by atoms with Crippen molar-refractivity contribution in [3.63, 3.8) is 0 Å². The number of aromatic nitrogens is 2. The molecule has 0 unspecified atom stereocenters. The number of pyridine rings is 2. The van der Waals surface area contributed by atoms with Gasteiger partial charge in [0.2, 0.25) is 0 Å². The molecule has 6 heteroatoms. The van der Waals surface area contributed by atoms with E-state index in [9.17, 15) is 10.2 Å². The van der Waals surface area contributed by atoms with E-state index in [4.69, 9.17) is 0 Å². The van der Waals surface area contributed by atoms with Gasteiger partial charge in [0.1, 0.15) is 6.42 Å². The maximum Gasteiger partial charge on any atom is 0.339 e. The van der Waals surface area contributed by atoms with E-state index >= 15 is 0 Å². The molecule has 0 amide bonds. The van der Waals surface area contributed by atoms with Gasteiger partial charge < -0.3 is 10.2 Å². The van der Waals surface area contributed by atoms with Gasteiger partial charge in [0.05, 0.1) is 6.04 Å². The lowest BCUT2D eigenvalue weighted by Crippen LogP contribution is -2.74. The molecule has 2 aromatic heterocycles. The molecular weight excluding hydrogens is 472 g/mol. The molecule has 2 atom stereocenters. The molecule has 0 fully saturated rings. The van der Waals surface area contributed by atoms with Crippen molar-refractivity contribution in [2.45, 2.75) is 51.9 Å². The van der Waals surface area contributed by atoms with Gasteiger partial charge in [-0.05, 0) is 29.5 Å². The third-order valence-corrected chi connectivity index (χ3v) is 6.61. The lowest BCUT2D eigenvalue weighted by atomic mass is 10.1. The van der Waals surface area contributed by atoms with E-state index in [1.54, 1.807) is 0 Å². The number of rotatable bonds is 11. The highest BCUT2D eigenvalue weighted by atomic mass is 16.3. The molecule has 4 aromatic rings. The standard InChI is InChI=1S/C32H34N4O2/c1-25(27-9-5-3-6-10-27)33-31(37)17-23-35-19-13-29(14-20-35)30-15-21-36(22-16-30)24-18-32(38)34-26(2)28-11-7-4-8-12-28/h3-16,19-22,25-26H,17-18,23-24H2,1-2H3/p+2/t25-,26-/m0/s1. The Bertz CT molecular complexity index is 1230. The average molecular weight is 509 g/mol. The summed E-state index contributed by atoms with van der Waals surface area (Å²) in [6, 6.07) is 28.1. The van der Waals surface area contributed by atoms with Crippen molar-refractivity contribution < 1.29 is 24.3 Å². The minimum absolute atomic E-state index is 0.0507. The second kappa shape index (κ2) is 13.3. The molecule has 0 aliphatic rings. The first-order valence-corrected chi connectivity index (χ1v) is 13.1. The van der Waals surface area contributed by atoms with Gasteiger partial charge in [-0.25, -0.2) is 14.1 Å². The summed E-state index contributed by atoms with van der Waals surface area (Å²) in [5, 5.41) is 22.7. The molecule has 0 saturated heterocycles. The zero-order valence-electron chi connectivity index (χ0n) is 22.1. The molecule has 0 bridgehead atoms. The van der Waals surface area contributed by atoms with Crippen LogP contribution in [0.15, 0.2) is 115 Å². The molecule has 194 valence electrons. The van der Waals surface area contributed by atoms with Crippen molar-refractivity contribution in [1.29, 1.82) is 0 Å². The van der Waals surface area contributed by atoms with Crippen LogP contribution in [0.25, 0.3) is 11.1 Å². The quantitative estimate of drug-likeness (QED) is 0.186. The van der Waals surface area contributed by atoms with Crippen molar-refractivity contribution in [3.8, 4) is 11.1 Å². The van der Waals surface area contributed by atoms with E-state index in [-0.39, 0.29) is 23.9 Å². The van der Waals surface area contributed by atoms with Crippen LogP contribution in [0.3, 0.4) is 0 Å². The summed E-state index contributed by atoms with van der Waals surface area (Å²) in [7, 11) is 0. The first kappa shape index (κ1) is 26.7. The number of aliphatic imine (C=N–C) groups is 1. The molecule has 0 saturated carbocycles. The first-order valence-electron chi connectivity index (χ1n) is 13.1.